The van der Waals surface area contributed by atoms with Gasteiger partial charge in [-0.2, -0.15) is 0 Å². The molecule has 0 saturated carbocycles. The smallest absolute Gasteiger partial charge is 0.282 e. The Balaban J connectivity index is 1.53. The van der Waals surface area contributed by atoms with Gasteiger partial charge in [0.1, 0.15) is 6.54 Å². The Morgan fingerprint density at radius 1 is 1.14 bits per heavy atom. The molecular weight excluding hydrogens is 370 g/mol. The highest BCUT2D eigenvalue weighted by atomic mass is 32.2. The number of hydrogen-bond acceptors (Lipinski definition) is 4. The first-order valence-electron chi connectivity index (χ1n) is 9.75. The Morgan fingerprint density at radius 3 is 2.39 bits per heavy atom. The van der Waals surface area contributed by atoms with E-state index in [1.54, 1.807) is 11.8 Å². The van der Waals surface area contributed by atoms with Crippen LogP contribution < -0.4 is 15.1 Å². The van der Waals surface area contributed by atoms with Crippen LogP contribution in [-0.2, 0) is 16.1 Å². The second-order valence-corrected chi connectivity index (χ2v) is 8.11. The molecule has 0 aromatic heterocycles. The summed E-state index contributed by atoms with van der Waals surface area (Å²) in [5, 5.41) is 3.05. The van der Waals surface area contributed by atoms with Crippen LogP contribution in [0.3, 0.4) is 0 Å². The third kappa shape index (κ3) is 5.50. The Bertz CT molecular complexity index is 758. The summed E-state index contributed by atoms with van der Waals surface area (Å²) in [5.41, 5.74) is 3.25. The number of rotatable bonds is 7. The fourth-order valence-corrected chi connectivity index (χ4v) is 3.68. The van der Waals surface area contributed by atoms with Crippen molar-refractivity contribution in [3.63, 3.8) is 0 Å². The Morgan fingerprint density at radius 2 is 1.79 bits per heavy atom. The number of quaternary nitrogens is 1. The Labute approximate surface area is 172 Å². The van der Waals surface area contributed by atoms with Crippen molar-refractivity contribution in [3.8, 4) is 0 Å². The molecule has 6 heteroatoms. The molecule has 1 aliphatic rings. The normalized spacial score (nSPS) is 16.5. The average molecular weight is 401 g/mol. The summed E-state index contributed by atoms with van der Waals surface area (Å²) in [6, 6.07) is 16.5. The van der Waals surface area contributed by atoms with Crippen LogP contribution in [0.25, 0.3) is 0 Å². The van der Waals surface area contributed by atoms with E-state index in [0.717, 1.165) is 38.5 Å². The number of ether oxygens (including phenoxy) is 1. The molecular formula is C22H30N3O2S+. The number of nitrogens with one attached hydrogen (secondary N) is 2. The lowest BCUT2D eigenvalue weighted by atomic mass is 10.2. The number of hydrogen-bond donors (Lipinski definition) is 2. The van der Waals surface area contributed by atoms with Crippen LogP contribution in [0.2, 0.25) is 0 Å². The van der Waals surface area contributed by atoms with Crippen LogP contribution in [0.1, 0.15) is 12.5 Å². The summed E-state index contributed by atoms with van der Waals surface area (Å²) < 4.78 is 5.40. The predicted octanol–water partition coefficient (Wildman–Crippen LogP) is 2.29. The fourth-order valence-electron chi connectivity index (χ4n) is 3.27. The average Bonchev–Trinajstić information content (AvgIpc) is 2.74. The minimum Gasteiger partial charge on any atom is -0.378 e. The molecule has 0 spiro atoms. The molecule has 1 fully saturated rings. The van der Waals surface area contributed by atoms with E-state index in [-0.39, 0.29) is 11.9 Å². The maximum absolute atomic E-state index is 12.7. The molecule has 5 nitrogen and oxygen atoms in total. The minimum atomic E-state index is -0.140. The summed E-state index contributed by atoms with van der Waals surface area (Å²) >= 11 is 1.74. The third-order valence-corrected chi connectivity index (χ3v) is 6.03. The first-order chi connectivity index (χ1) is 13.6. The molecule has 1 saturated heterocycles. The first kappa shape index (κ1) is 20.7. The second kappa shape index (κ2) is 9.96. The molecule has 1 amide bonds. The zero-order valence-corrected chi connectivity index (χ0v) is 17.7. The molecule has 3 rings (SSSR count). The number of thioether (sulfide) groups is 1. The van der Waals surface area contributed by atoms with E-state index < -0.39 is 0 Å². The van der Waals surface area contributed by atoms with Gasteiger partial charge in [0, 0.05) is 34.9 Å². The van der Waals surface area contributed by atoms with Crippen LogP contribution in [-0.4, -0.2) is 51.6 Å². The molecule has 1 unspecified atom stereocenters. The number of carbonyl (C=O) groups excluding carboxylic acids is 1. The summed E-state index contributed by atoms with van der Waals surface area (Å²) in [5.74, 6) is 0.0392. The monoisotopic (exact) mass is 400 g/mol. The topological polar surface area (TPSA) is 46.0 Å². The van der Waals surface area contributed by atoms with E-state index in [1.807, 2.05) is 19.1 Å². The number of nitrogens with zero attached hydrogens (tertiary/aromatic N) is 1. The van der Waals surface area contributed by atoms with Crippen LogP contribution in [0.5, 0.6) is 0 Å². The van der Waals surface area contributed by atoms with Gasteiger partial charge < -0.3 is 19.9 Å². The van der Waals surface area contributed by atoms with E-state index in [1.165, 1.54) is 21.0 Å². The summed E-state index contributed by atoms with van der Waals surface area (Å²) in [6.07, 6.45) is 2.08. The van der Waals surface area contributed by atoms with Crippen molar-refractivity contribution in [1.29, 1.82) is 0 Å². The number of carbonyl (C=O) groups is 1. The van der Waals surface area contributed by atoms with E-state index in [4.69, 9.17) is 4.74 Å². The number of likely N-dealkylation sites (N-methyl/N-ethyl adjacent to an activating group) is 1. The number of benzene rings is 2. The van der Waals surface area contributed by atoms with E-state index >= 15 is 0 Å². The fraction of sp³-hybridized carbons (Fsp3) is 0.409. The van der Waals surface area contributed by atoms with Crippen molar-refractivity contribution in [1.82, 2.24) is 0 Å². The third-order valence-electron chi connectivity index (χ3n) is 5.29. The molecule has 2 aromatic rings. The minimum absolute atomic E-state index is 0.0392. The highest BCUT2D eigenvalue weighted by Crippen LogP contribution is 2.19. The van der Waals surface area contributed by atoms with Gasteiger partial charge in [-0.1, -0.05) is 12.1 Å². The SMILES string of the molecule is CSc1ccc(C[NH+](C)[C@H](C)C(=O)Nc2ccc(N3CCOCC3)cc2)cc1. The van der Waals surface area contributed by atoms with Crippen LogP contribution in [0.15, 0.2) is 53.4 Å². The zero-order valence-electron chi connectivity index (χ0n) is 16.9. The van der Waals surface area contributed by atoms with Gasteiger partial charge >= 0.3 is 0 Å². The molecule has 1 heterocycles. The van der Waals surface area contributed by atoms with Gasteiger partial charge in [-0.25, -0.2) is 0 Å². The summed E-state index contributed by atoms with van der Waals surface area (Å²) in [7, 11) is 2.06. The van der Waals surface area contributed by atoms with Gasteiger partial charge in [0.05, 0.1) is 20.3 Å². The lowest BCUT2D eigenvalue weighted by Crippen LogP contribution is -3.12. The van der Waals surface area contributed by atoms with Gasteiger partial charge in [-0.05, 0) is 49.6 Å². The maximum Gasteiger partial charge on any atom is 0.282 e. The van der Waals surface area contributed by atoms with Gasteiger partial charge in [-0.3, -0.25) is 4.79 Å². The van der Waals surface area contributed by atoms with Gasteiger partial charge in [-0.15, -0.1) is 11.8 Å². The van der Waals surface area contributed by atoms with Gasteiger partial charge in [0.2, 0.25) is 0 Å². The van der Waals surface area contributed by atoms with Crippen molar-refractivity contribution < 1.29 is 14.4 Å². The molecule has 0 bridgehead atoms. The molecule has 2 atom stereocenters. The molecule has 2 aromatic carbocycles. The van der Waals surface area contributed by atoms with E-state index in [2.05, 4.69) is 59.9 Å². The summed E-state index contributed by atoms with van der Waals surface area (Å²) in [6.45, 7) is 6.15. The summed E-state index contributed by atoms with van der Waals surface area (Å²) in [4.78, 5) is 17.4. The van der Waals surface area contributed by atoms with E-state index in [9.17, 15) is 4.79 Å². The highest BCUT2D eigenvalue weighted by Gasteiger charge is 2.22. The molecule has 0 aliphatic carbocycles. The number of morpholine rings is 1. The van der Waals surface area contributed by atoms with Crippen molar-refractivity contribution in [2.24, 2.45) is 0 Å². The molecule has 28 heavy (non-hydrogen) atoms. The van der Waals surface area contributed by atoms with Crippen LogP contribution >= 0.6 is 11.8 Å². The largest absolute Gasteiger partial charge is 0.378 e. The van der Waals surface area contributed by atoms with Crippen molar-refractivity contribution in [2.45, 2.75) is 24.4 Å². The second-order valence-electron chi connectivity index (χ2n) is 7.23. The maximum atomic E-state index is 12.7. The predicted molar refractivity (Wildman–Crippen MR) is 116 cm³/mol. The number of anilines is 2. The molecule has 150 valence electrons. The van der Waals surface area contributed by atoms with Crippen molar-refractivity contribution >= 4 is 29.0 Å². The highest BCUT2D eigenvalue weighted by molar-refractivity contribution is 7.98. The van der Waals surface area contributed by atoms with Gasteiger partial charge in [0.15, 0.2) is 6.04 Å². The van der Waals surface area contributed by atoms with E-state index in [0.29, 0.717) is 0 Å². The molecule has 1 aliphatic heterocycles. The van der Waals surface area contributed by atoms with Crippen LogP contribution in [0, 0.1) is 0 Å². The Kier molecular flexibility index (Phi) is 7.36. The number of amides is 1. The zero-order chi connectivity index (χ0) is 19.9. The quantitative estimate of drug-likeness (QED) is 0.700. The molecule has 2 N–H and O–H groups in total. The van der Waals surface area contributed by atoms with Gasteiger partial charge in [0.25, 0.3) is 5.91 Å². The standard InChI is InChI=1S/C22H29N3O2S/c1-17(24(2)16-18-4-10-21(28-3)11-5-18)22(26)23-19-6-8-20(9-7-19)25-12-14-27-15-13-25/h4-11,17H,12-16H2,1-3H3,(H,23,26)/p+1/t17-/m1/s1. The lowest BCUT2D eigenvalue weighted by Gasteiger charge is -2.29. The van der Waals surface area contributed by atoms with Crippen molar-refractivity contribution in [3.05, 3.63) is 54.1 Å². The van der Waals surface area contributed by atoms with Crippen molar-refractivity contribution in [2.75, 3.05) is 49.8 Å². The molecule has 0 radical (unpaired) electrons. The van der Waals surface area contributed by atoms with Crippen LogP contribution in [0.4, 0.5) is 11.4 Å². The first-order valence-corrected chi connectivity index (χ1v) is 11.0. The Hall–Kier alpha value is -2.02. The lowest BCUT2D eigenvalue weighted by molar-refractivity contribution is -0.907.